The molecule has 0 radical (unpaired) electrons. The average molecular weight is 742 g/mol. The monoisotopic (exact) mass is 741 g/mol. The summed E-state index contributed by atoms with van der Waals surface area (Å²) in [7, 11) is 0. The number of hydrogen-bond donors (Lipinski definition) is 3. The van der Waals surface area contributed by atoms with Crippen molar-refractivity contribution in [2.45, 2.75) is 56.7 Å². The minimum absolute atomic E-state index is 0.00177. The molecule has 5 aromatic rings. The first-order chi connectivity index (χ1) is 27.0. The van der Waals surface area contributed by atoms with Crippen LogP contribution in [0, 0.1) is 0 Å². The van der Waals surface area contributed by atoms with Gasteiger partial charge < -0.3 is 44.3 Å². The van der Waals surface area contributed by atoms with E-state index in [1.165, 1.54) is 0 Å². The Labute approximate surface area is 321 Å². The zero-order valence-electron chi connectivity index (χ0n) is 30.8. The first-order valence-electron chi connectivity index (χ1n) is 19.1. The van der Waals surface area contributed by atoms with Gasteiger partial charge in [0.1, 0.15) is 11.5 Å². The second-order valence-electron chi connectivity index (χ2n) is 14.3. The third-order valence-corrected chi connectivity index (χ3v) is 10.5. The van der Waals surface area contributed by atoms with E-state index >= 15 is 0 Å². The molecule has 0 aromatic heterocycles. The molecule has 1 spiro atoms. The first-order valence-corrected chi connectivity index (χ1v) is 19.1. The summed E-state index contributed by atoms with van der Waals surface area (Å²) in [5, 5.41) is 15.5. The molecule has 3 N–H and O–H groups in total. The predicted octanol–water partition coefficient (Wildman–Crippen LogP) is 8.34. The predicted molar refractivity (Wildman–Crippen MR) is 209 cm³/mol. The third-order valence-electron chi connectivity index (χ3n) is 10.5. The van der Waals surface area contributed by atoms with Gasteiger partial charge in [0, 0.05) is 56.7 Å². The number of nitrogens with zero attached hydrogens (tertiary/aromatic N) is 1. The molecule has 0 unspecified atom stereocenters. The van der Waals surface area contributed by atoms with Crippen LogP contribution in [0.5, 0.6) is 11.5 Å². The average Bonchev–Trinajstić information content (AvgIpc) is 3.70. The van der Waals surface area contributed by atoms with Crippen molar-refractivity contribution in [3.63, 3.8) is 0 Å². The Bertz CT molecular complexity index is 2010. The number of piperidine rings is 1. The lowest BCUT2D eigenvalue weighted by Crippen LogP contribution is -2.48. The number of likely N-dealkylation sites (tertiary alicyclic amines) is 1. The van der Waals surface area contributed by atoms with Crippen LogP contribution in [0.3, 0.4) is 0 Å². The largest absolute Gasteiger partial charge is 0.457 e. The fourth-order valence-electron chi connectivity index (χ4n) is 7.50. The molecule has 0 bridgehead atoms. The maximum absolute atomic E-state index is 12.8. The molecule has 3 fully saturated rings. The van der Waals surface area contributed by atoms with Gasteiger partial charge in [0.15, 0.2) is 12.1 Å². The summed E-state index contributed by atoms with van der Waals surface area (Å²) in [5.74, 6) is 1.02. The molecule has 10 heteroatoms. The first kappa shape index (κ1) is 36.9. The zero-order valence-corrected chi connectivity index (χ0v) is 30.8. The van der Waals surface area contributed by atoms with Crippen molar-refractivity contribution in [1.82, 2.24) is 10.2 Å². The van der Waals surface area contributed by atoms with E-state index in [1.54, 1.807) is 0 Å². The van der Waals surface area contributed by atoms with E-state index in [4.69, 9.17) is 23.7 Å². The highest BCUT2D eigenvalue weighted by Gasteiger charge is 2.41. The van der Waals surface area contributed by atoms with Gasteiger partial charge in [-0.1, -0.05) is 78.9 Å². The summed E-state index contributed by atoms with van der Waals surface area (Å²) in [6.45, 7) is 4.27. The summed E-state index contributed by atoms with van der Waals surface area (Å²) in [6.07, 6.45) is 1.65. The Morgan fingerprint density at radius 3 is 2.20 bits per heavy atom. The summed E-state index contributed by atoms with van der Waals surface area (Å²) in [6, 6.07) is 41.0. The highest BCUT2D eigenvalue weighted by atomic mass is 16.7. The number of hydrogen-bond acceptors (Lipinski definition) is 8. The summed E-state index contributed by atoms with van der Waals surface area (Å²) in [4.78, 5) is 15.2. The van der Waals surface area contributed by atoms with Crippen LogP contribution < -0.4 is 15.4 Å². The highest BCUT2D eigenvalue weighted by Crippen LogP contribution is 2.40. The normalized spacial score (nSPS) is 20.9. The molecule has 0 saturated carbocycles. The van der Waals surface area contributed by atoms with Crippen LogP contribution in [0.1, 0.15) is 53.9 Å². The van der Waals surface area contributed by atoms with Crippen molar-refractivity contribution in [1.29, 1.82) is 0 Å². The summed E-state index contributed by atoms with van der Waals surface area (Å²) in [5.41, 5.74) is 6.56. The molecule has 3 saturated heterocycles. The van der Waals surface area contributed by atoms with Crippen LogP contribution in [-0.4, -0.2) is 60.8 Å². The fraction of sp³-hybridized carbons (Fsp3) is 0.311. The number of urea groups is 1. The maximum Gasteiger partial charge on any atom is 0.319 e. The Morgan fingerprint density at radius 2 is 1.45 bits per heavy atom. The van der Waals surface area contributed by atoms with Gasteiger partial charge in [-0.2, -0.15) is 0 Å². The maximum atomic E-state index is 12.8. The summed E-state index contributed by atoms with van der Waals surface area (Å²) < 4.78 is 31.2. The number of rotatable bonds is 11. The lowest BCUT2D eigenvalue weighted by molar-refractivity contribution is -0.255. The van der Waals surface area contributed by atoms with E-state index in [2.05, 4.69) is 45.9 Å². The number of carbonyl (C=O) groups excluding carboxylic acids is 1. The van der Waals surface area contributed by atoms with E-state index in [9.17, 15) is 9.90 Å². The van der Waals surface area contributed by atoms with Crippen molar-refractivity contribution in [2.75, 3.05) is 38.2 Å². The van der Waals surface area contributed by atoms with Crippen molar-refractivity contribution in [2.24, 2.45) is 0 Å². The molecule has 5 aromatic carbocycles. The lowest BCUT2D eigenvalue weighted by atomic mass is 9.97. The number of anilines is 1. The molecule has 3 heterocycles. The van der Waals surface area contributed by atoms with Crippen molar-refractivity contribution < 1.29 is 33.6 Å². The van der Waals surface area contributed by atoms with Gasteiger partial charge in [-0.3, -0.25) is 0 Å². The van der Waals surface area contributed by atoms with E-state index in [0.717, 1.165) is 78.0 Å². The van der Waals surface area contributed by atoms with E-state index < -0.39 is 12.1 Å². The molecule has 3 atom stereocenters. The van der Waals surface area contributed by atoms with Crippen LogP contribution in [0.4, 0.5) is 10.5 Å². The Morgan fingerprint density at radius 1 is 0.745 bits per heavy atom. The Kier molecular flexibility index (Phi) is 11.5. The van der Waals surface area contributed by atoms with Crippen molar-refractivity contribution in [3.8, 4) is 22.6 Å². The van der Waals surface area contributed by atoms with E-state index in [0.29, 0.717) is 31.2 Å². The van der Waals surface area contributed by atoms with Crippen LogP contribution in [0.25, 0.3) is 11.1 Å². The molecular weight excluding hydrogens is 695 g/mol. The van der Waals surface area contributed by atoms with E-state index in [1.807, 2.05) is 97.1 Å². The molecule has 2 amide bonds. The number of para-hydroxylation sites is 1. The van der Waals surface area contributed by atoms with Crippen LogP contribution in [0.2, 0.25) is 0 Å². The molecule has 10 nitrogen and oxygen atoms in total. The van der Waals surface area contributed by atoms with Crippen LogP contribution >= 0.6 is 0 Å². The van der Waals surface area contributed by atoms with Gasteiger partial charge in [0.2, 0.25) is 0 Å². The quantitative estimate of drug-likeness (QED) is 0.124. The minimum Gasteiger partial charge on any atom is -0.457 e. The number of aliphatic hydroxyl groups excluding tert-OH is 1. The SMILES string of the molecule is O=C(NCc1cccc(-c2cccc([C@H]3O[C@@H](CN4CCC5(CC4)OCCO5)C[C@@H](c4ccc(CO)cc4)O3)c2)c1)Nc1ccc(Oc2ccccc2)cc1. The zero-order chi connectivity index (χ0) is 37.5. The van der Waals surface area contributed by atoms with Crippen LogP contribution in [0.15, 0.2) is 127 Å². The molecule has 284 valence electrons. The van der Waals surface area contributed by atoms with E-state index in [-0.39, 0.29) is 24.8 Å². The molecule has 0 aliphatic carbocycles. The van der Waals surface area contributed by atoms with Crippen molar-refractivity contribution >= 4 is 11.7 Å². The molecule has 55 heavy (non-hydrogen) atoms. The van der Waals surface area contributed by atoms with Gasteiger partial charge in [-0.05, 0) is 76.3 Å². The topological polar surface area (TPSA) is 111 Å². The smallest absolute Gasteiger partial charge is 0.319 e. The van der Waals surface area contributed by atoms with Gasteiger partial charge in [0.05, 0.1) is 32.0 Å². The number of amides is 2. The number of carbonyl (C=O) groups is 1. The van der Waals surface area contributed by atoms with Gasteiger partial charge in [-0.25, -0.2) is 4.79 Å². The Balaban J connectivity index is 0.913. The number of aliphatic hydroxyl groups is 1. The number of ether oxygens (including phenoxy) is 5. The Hall–Kier alpha value is -5.07. The number of benzene rings is 5. The molecule has 8 rings (SSSR count). The van der Waals surface area contributed by atoms with Crippen molar-refractivity contribution in [3.05, 3.63) is 150 Å². The number of nitrogens with one attached hydrogen (secondary N) is 2. The standard InChI is InChI=1S/C45H47N3O7/c49-31-32-12-14-34(15-13-32)42-28-41(30-48-22-20-45(21-23-48)51-24-25-52-45)54-43(55-42)37-9-5-8-36(27-37)35-7-4-6-33(26-35)29-46-44(50)47-38-16-18-40(19-17-38)53-39-10-2-1-3-11-39/h1-19,26-27,41-43,49H,20-25,28-31H2,(H2,46,47,50)/t41-,42+,43+/m1/s1. The lowest BCUT2D eigenvalue weighted by Gasteiger charge is -2.41. The fourth-order valence-corrected chi connectivity index (χ4v) is 7.50. The molecule has 3 aliphatic heterocycles. The third kappa shape index (κ3) is 9.42. The molecular formula is C45H47N3O7. The minimum atomic E-state index is -0.564. The highest BCUT2D eigenvalue weighted by molar-refractivity contribution is 5.89. The van der Waals surface area contributed by atoms with Gasteiger partial charge in [-0.15, -0.1) is 0 Å². The summed E-state index contributed by atoms with van der Waals surface area (Å²) >= 11 is 0. The van der Waals surface area contributed by atoms with Gasteiger partial charge >= 0.3 is 6.03 Å². The second kappa shape index (κ2) is 17.2. The molecule has 3 aliphatic rings. The van der Waals surface area contributed by atoms with Crippen LogP contribution in [-0.2, 0) is 32.1 Å². The van der Waals surface area contributed by atoms with Gasteiger partial charge in [0.25, 0.3) is 0 Å². The second-order valence-corrected chi connectivity index (χ2v) is 14.3.